The van der Waals surface area contributed by atoms with Gasteiger partial charge in [0.25, 0.3) is 0 Å². The highest BCUT2D eigenvalue weighted by atomic mass is 16.5. The summed E-state index contributed by atoms with van der Waals surface area (Å²) in [4.78, 5) is 2.27. The monoisotopic (exact) mass is 250 g/mol. The van der Waals surface area contributed by atoms with E-state index in [0.717, 1.165) is 13.2 Å². The van der Waals surface area contributed by atoms with E-state index < -0.39 is 0 Å². The van der Waals surface area contributed by atoms with Gasteiger partial charge in [-0.1, -0.05) is 24.3 Å². The second-order valence-corrected chi connectivity index (χ2v) is 5.01. The number of likely N-dealkylation sites (N-methyl/N-ethyl adjacent to an activating group) is 1. The summed E-state index contributed by atoms with van der Waals surface area (Å²) in [6, 6.07) is 8.70. The minimum Gasteiger partial charge on any atom is -0.377 e. The normalized spacial score (nSPS) is 13.3. The van der Waals surface area contributed by atoms with E-state index in [1.54, 1.807) is 0 Å². The third-order valence-electron chi connectivity index (χ3n) is 3.20. The van der Waals surface area contributed by atoms with Crippen molar-refractivity contribution in [3.63, 3.8) is 0 Å². The Hall–Kier alpha value is -0.900. The molecule has 0 bridgehead atoms. The Bertz CT molecular complexity index is 352. The van der Waals surface area contributed by atoms with Crippen LogP contribution >= 0.6 is 0 Å². The van der Waals surface area contributed by atoms with Gasteiger partial charge in [0.05, 0.1) is 12.7 Å². The number of aryl methyl sites for hydroxylation is 1. The van der Waals surface area contributed by atoms with E-state index in [9.17, 15) is 0 Å². The summed E-state index contributed by atoms with van der Waals surface area (Å²) in [6.07, 6.45) is 0.285. The predicted octanol–water partition coefficient (Wildman–Crippen LogP) is 2.35. The van der Waals surface area contributed by atoms with Crippen molar-refractivity contribution in [2.24, 2.45) is 5.73 Å². The lowest BCUT2D eigenvalue weighted by Gasteiger charge is -2.28. The van der Waals surface area contributed by atoms with Gasteiger partial charge in [-0.25, -0.2) is 0 Å². The Kier molecular flexibility index (Phi) is 6.33. The van der Waals surface area contributed by atoms with Crippen molar-refractivity contribution in [3.05, 3.63) is 35.4 Å². The summed E-state index contributed by atoms with van der Waals surface area (Å²) < 4.78 is 5.59. The zero-order valence-electron chi connectivity index (χ0n) is 12.0. The molecule has 0 saturated heterocycles. The molecule has 3 heteroatoms. The Balaban J connectivity index is 2.63. The van der Waals surface area contributed by atoms with Gasteiger partial charge in [-0.05, 0) is 38.9 Å². The highest BCUT2D eigenvalue weighted by molar-refractivity contribution is 5.29. The van der Waals surface area contributed by atoms with Crippen LogP contribution in [0.2, 0.25) is 0 Å². The van der Waals surface area contributed by atoms with E-state index in [4.69, 9.17) is 10.5 Å². The van der Waals surface area contributed by atoms with Crippen LogP contribution in [-0.2, 0) is 4.74 Å². The van der Waals surface area contributed by atoms with Gasteiger partial charge >= 0.3 is 0 Å². The first kappa shape index (κ1) is 15.2. The van der Waals surface area contributed by atoms with Crippen molar-refractivity contribution in [2.45, 2.75) is 32.9 Å². The Morgan fingerprint density at radius 3 is 2.50 bits per heavy atom. The molecular weight excluding hydrogens is 224 g/mol. The lowest BCUT2D eigenvalue weighted by atomic mass is 10.0. The molecule has 0 radical (unpaired) electrons. The molecule has 1 aromatic rings. The highest BCUT2D eigenvalue weighted by Gasteiger charge is 2.16. The third-order valence-corrected chi connectivity index (χ3v) is 3.20. The zero-order chi connectivity index (χ0) is 13.5. The van der Waals surface area contributed by atoms with E-state index in [2.05, 4.69) is 57.0 Å². The van der Waals surface area contributed by atoms with Crippen LogP contribution in [0.4, 0.5) is 0 Å². The quantitative estimate of drug-likeness (QED) is 0.807. The molecule has 1 unspecified atom stereocenters. The van der Waals surface area contributed by atoms with E-state index in [0.29, 0.717) is 6.54 Å². The fourth-order valence-corrected chi connectivity index (χ4v) is 2.09. The number of nitrogens with zero attached hydrogens (tertiary/aromatic N) is 1. The molecule has 0 aliphatic rings. The van der Waals surface area contributed by atoms with Crippen LogP contribution in [-0.4, -0.2) is 37.7 Å². The van der Waals surface area contributed by atoms with E-state index in [1.165, 1.54) is 11.1 Å². The molecule has 0 amide bonds. The zero-order valence-corrected chi connectivity index (χ0v) is 12.0. The Morgan fingerprint density at radius 2 is 1.94 bits per heavy atom. The maximum Gasteiger partial charge on any atom is 0.0597 e. The van der Waals surface area contributed by atoms with Gasteiger partial charge in [-0.2, -0.15) is 0 Å². The van der Waals surface area contributed by atoms with E-state index in [1.807, 2.05) is 0 Å². The number of rotatable bonds is 7. The number of ether oxygens (including phenoxy) is 1. The molecule has 0 aliphatic carbocycles. The molecule has 1 atom stereocenters. The minimum absolute atomic E-state index is 0.266. The summed E-state index contributed by atoms with van der Waals surface area (Å²) >= 11 is 0. The molecule has 0 fully saturated rings. The standard InChI is InChI=1S/C15H26N2O/c1-12(2)18-10-9-17(4)15(11-16)14-8-6-5-7-13(14)3/h5-8,12,15H,9-11,16H2,1-4H3. The molecule has 0 saturated carbocycles. The van der Waals surface area contributed by atoms with Crippen LogP contribution in [0.3, 0.4) is 0 Å². The van der Waals surface area contributed by atoms with Gasteiger partial charge < -0.3 is 10.5 Å². The molecule has 3 nitrogen and oxygen atoms in total. The summed E-state index contributed by atoms with van der Waals surface area (Å²) in [5, 5.41) is 0. The summed E-state index contributed by atoms with van der Waals surface area (Å²) in [6.45, 7) is 8.52. The topological polar surface area (TPSA) is 38.5 Å². The Morgan fingerprint density at radius 1 is 1.28 bits per heavy atom. The van der Waals surface area contributed by atoms with E-state index in [-0.39, 0.29) is 12.1 Å². The summed E-state index contributed by atoms with van der Waals surface area (Å²) in [5.74, 6) is 0. The van der Waals surface area contributed by atoms with Crippen LogP contribution in [0, 0.1) is 6.92 Å². The number of hydrogen-bond acceptors (Lipinski definition) is 3. The second kappa shape index (κ2) is 7.52. The molecule has 0 spiro atoms. The molecular formula is C15H26N2O. The second-order valence-electron chi connectivity index (χ2n) is 5.01. The van der Waals surface area contributed by atoms with E-state index >= 15 is 0 Å². The molecule has 2 N–H and O–H groups in total. The first-order valence-corrected chi connectivity index (χ1v) is 6.63. The highest BCUT2D eigenvalue weighted by Crippen LogP contribution is 2.21. The first-order valence-electron chi connectivity index (χ1n) is 6.63. The lowest BCUT2D eigenvalue weighted by molar-refractivity contribution is 0.0564. The summed E-state index contributed by atoms with van der Waals surface area (Å²) in [7, 11) is 2.10. The molecule has 0 aromatic heterocycles. The first-order chi connectivity index (χ1) is 8.56. The fraction of sp³-hybridized carbons (Fsp3) is 0.600. The van der Waals surface area contributed by atoms with Gasteiger partial charge in [0.15, 0.2) is 0 Å². The third kappa shape index (κ3) is 4.41. The maximum atomic E-state index is 5.92. The summed E-state index contributed by atoms with van der Waals surface area (Å²) in [5.41, 5.74) is 8.53. The van der Waals surface area contributed by atoms with Crippen molar-refractivity contribution < 1.29 is 4.74 Å². The maximum absolute atomic E-state index is 5.92. The molecule has 1 rings (SSSR count). The molecule has 0 aliphatic heterocycles. The van der Waals surface area contributed by atoms with Crippen molar-refractivity contribution in [2.75, 3.05) is 26.7 Å². The molecule has 18 heavy (non-hydrogen) atoms. The van der Waals surface area contributed by atoms with Gasteiger partial charge in [0, 0.05) is 19.1 Å². The van der Waals surface area contributed by atoms with Gasteiger partial charge in [-0.3, -0.25) is 4.90 Å². The predicted molar refractivity (Wildman–Crippen MR) is 76.7 cm³/mol. The average Bonchev–Trinajstić information content (AvgIpc) is 2.32. The van der Waals surface area contributed by atoms with Crippen LogP contribution in [0.1, 0.15) is 31.0 Å². The minimum atomic E-state index is 0.266. The number of benzene rings is 1. The number of hydrogen-bond donors (Lipinski definition) is 1. The lowest BCUT2D eigenvalue weighted by Crippen LogP contribution is -2.33. The SMILES string of the molecule is Cc1ccccc1C(CN)N(C)CCOC(C)C. The van der Waals surface area contributed by atoms with Crippen LogP contribution in [0.15, 0.2) is 24.3 Å². The van der Waals surface area contributed by atoms with Crippen molar-refractivity contribution >= 4 is 0 Å². The van der Waals surface area contributed by atoms with Crippen LogP contribution in [0.5, 0.6) is 0 Å². The van der Waals surface area contributed by atoms with Crippen molar-refractivity contribution in [3.8, 4) is 0 Å². The largest absolute Gasteiger partial charge is 0.377 e. The van der Waals surface area contributed by atoms with Crippen LogP contribution < -0.4 is 5.73 Å². The van der Waals surface area contributed by atoms with Gasteiger partial charge in [0.2, 0.25) is 0 Å². The van der Waals surface area contributed by atoms with Gasteiger partial charge in [-0.15, -0.1) is 0 Å². The average molecular weight is 250 g/mol. The van der Waals surface area contributed by atoms with Crippen LogP contribution in [0.25, 0.3) is 0 Å². The van der Waals surface area contributed by atoms with Gasteiger partial charge in [0.1, 0.15) is 0 Å². The number of nitrogens with two attached hydrogens (primary N) is 1. The van der Waals surface area contributed by atoms with Crippen molar-refractivity contribution in [1.82, 2.24) is 4.90 Å². The Labute approximate surface area is 111 Å². The molecule has 102 valence electrons. The fourth-order valence-electron chi connectivity index (χ4n) is 2.09. The molecule has 0 heterocycles. The molecule has 1 aromatic carbocycles. The smallest absolute Gasteiger partial charge is 0.0597 e. The van der Waals surface area contributed by atoms with Crippen molar-refractivity contribution in [1.29, 1.82) is 0 Å².